The third kappa shape index (κ3) is 2.74. The molecule has 2 fully saturated rings. The number of para-hydroxylation sites is 1. The number of benzene rings is 1. The molecule has 2 heterocycles. The van der Waals surface area contributed by atoms with E-state index in [-0.39, 0.29) is 23.9 Å². The van der Waals surface area contributed by atoms with Crippen LogP contribution in [-0.2, 0) is 9.59 Å². The lowest BCUT2D eigenvalue weighted by molar-refractivity contribution is -0.146. The van der Waals surface area contributed by atoms with Gasteiger partial charge in [-0.2, -0.15) is 0 Å². The molecule has 0 spiro atoms. The maximum atomic E-state index is 12.1. The summed E-state index contributed by atoms with van der Waals surface area (Å²) < 4.78 is 0. The van der Waals surface area contributed by atoms with Crippen LogP contribution in [0.1, 0.15) is 13.3 Å². The second kappa shape index (κ2) is 5.67. The highest BCUT2D eigenvalue weighted by Crippen LogP contribution is 2.22. The zero-order valence-electron chi connectivity index (χ0n) is 12.2. The average Bonchev–Trinajstić information content (AvgIpc) is 2.90. The van der Waals surface area contributed by atoms with E-state index in [0.29, 0.717) is 18.7 Å². The number of hydrogen-bond donors (Lipinski definition) is 3. The lowest BCUT2D eigenvalue weighted by Gasteiger charge is -2.32. The van der Waals surface area contributed by atoms with E-state index in [1.807, 2.05) is 18.2 Å². The van der Waals surface area contributed by atoms with Gasteiger partial charge >= 0.3 is 6.03 Å². The van der Waals surface area contributed by atoms with Crippen LogP contribution >= 0.6 is 0 Å². The Bertz CT molecular complexity index is 604. The summed E-state index contributed by atoms with van der Waals surface area (Å²) in [6.45, 7) is 2.03. The maximum Gasteiger partial charge on any atom is 0.319 e. The number of anilines is 1. The fourth-order valence-electron chi connectivity index (χ4n) is 2.93. The molecule has 1 aromatic rings. The molecule has 4 amide bonds. The Kier molecular flexibility index (Phi) is 3.70. The van der Waals surface area contributed by atoms with E-state index in [9.17, 15) is 14.4 Å². The quantitative estimate of drug-likeness (QED) is 0.733. The van der Waals surface area contributed by atoms with Gasteiger partial charge in [0.05, 0.1) is 6.04 Å². The Morgan fingerprint density at radius 1 is 1.27 bits per heavy atom. The number of nitrogens with zero attached hydrogens (tertiary/aromatic N) is 1. The van der Waals surface area contributed by atoms with Gasteiger partial charge in [0.25, 0.3) is 0 Å². The second-order valence-electron chi connectivity index (χ2n) is 5.63. The van der Waals surface area contributed by atoms with Gasteiger partial charge in [-0.3, -0.25) is 9.59 Å². The van der Waals surface area contributed by atoms with Crippen LogP contribution in [0.2, 0.25) is 0 Å². The molecule has 0 bridgehead atoms. The van der Waals surface area contributed by atoms with Crippen molar-refractivity contribution < 1.29 is 14.4 Å². The van der Waals surface area contributed by atoms with Crippen molar-refractivity contribution in [3.05, 3.63) is 30.3 Å². The number of carbonyl (C=O) groups excluding carboxylic acids is 3. The predicted octanol–water partition coefficient (Wildman–Crippen LogP) is 0.296. The molecular weight excluding hydrogens is 284 g/mol. The Hall–Kier alpha value is -2.57. The van der Waals surface area contributed by atoms with Crippen molar-refractivity contribution in [1.82, 2.24) is 15.5 Å². The number of fused-ring (bicyclic) bond motifs is 1. The van der Waals surface area contributed by atoms with Crippen molar-refractivity contribution in [3.8, 4) is 0 Å². The average molecular weight is 302 g/mol. The van der Waals surface area contributed by atoms with Crippen molar-refractivity contribution >= 4 is 23.5 Å². The van der Waals surface area contributed by atoms with Crippen LogP contribution in [0.4, 0.5) is 10.5 Å². The third-order valence-corrected chi connectivity index (χ3v) is 3.98. The van der Waals surface area contributed by atoms with E-state index in [2.05, 4.69) is 16.0 Å². The van der Waals surface area contributed by atoms with Gasteiger partial charge in [0.15, 0.2) is 0 Å². The number of nitrogens with one attached hydrogen (secondary N) is 3. The smallest absolute Gasteiger partial charge is 0.319 e. The van der Waals surface area contributed by atoms with E-state index < -0.39 is 12.1 Å². The van der Waals surface area contributed by atoms with Gasteiger partial charge < -0.3 is 20.9 Å². The van der Waals surface area contributed by atoms with Crippen LogP contribution in [0.3, 0.4) is 0 Å². The summed E-state index contributed by atoms with van der Waals surface area (Å²) in [6, 6.07) is 7.55. The molecule has 0 aliphatic carbocycles. The van der Waals surface area contributed by atoms with Crippen molar-refractivity contribution in [1.29, 1.82) is 0 Å². The highest BCUT2D eigenvalue weighted by molar-refractivity contribution is 5.97. The molecular formula is C15H18N4O3. The number of urea groups is 1. The van der Waals surface area contributed by atoms with Gasteiger partial charge in [-0.25, -0.2) is 4.79 Å². The Morgan fingerprint density at radius 3 is 2.73 bits per heavy atom. The Morgan fingerprint density at radius 2 is 2.00 bits per heavy atom. The van der Waals surface area contributed by atoms with E-state index >= 15 is 0 Å². The molecule has 3 atom stereocenters. The minimum absolute atomic E-state index is 0.0997. The first kappa shape index (κ1) is 14.4. The Labute approximate surface area is 128 Å². The zero-order valence-corrected chi connectivity index (χ0v) is 12.2. The van der Waals surface area contributed by atoms with Crippen molar-refractivity contribution in [2.24, 2.45) is 0 Å². The van der Waals surface area contributed by atoms with Gasteiger partial charge in [0, 0.05) is 12.2 Å². The normalized spacial score (nSPS) is 27.1. The molecule has 116 valence electrons. The lowest BCUT2D eigenvalue weighted by atomic mass is 10.1. The van der Waals surface area contributed by atoms with Crippen molar-refractivity contribution in [2.75, 3.05) is 11.9 Å². The summed E-state index contributed by atoms with van der Waals surface area (Å²) in [7, 11) is 0. The highest BCUT2D eigenvalue weighted by atomic mass is 16.2. The largest absolute Gasteiger partial charge is 0.343 e. The molecule has 0 radical (unpaired) electrons. The minimum atomic E-state index is -0.499. The summed E-state index contributed by atoms with van der Waals surface area (Å²) in [5.41, 5.74) is 0.693. The van der Waals surface area contributed by atoms with Crippen LogP contribution in [0.15, 0.2) is 30.3 Å². The summed E-state index contributed by atoms with van der Waals surface area (Å²) in [4.78, 5) is 37.5. The minimum Gasteiger partial charge on any atom is -0.343 e. The lowest BCUT2D eigenvalue weighted by Crippen LogP contribution is -2.60. The maximum absolute atomic E-state index is 12.1. The van der Waals surface area contributed by atoms with Gasteiger partial charge in [0.1, 0.15) is 12.1 Å². The molecule has 0 saturated carbocycles. The number of rotatable bonds is 2. The zero-order chi connectivity index (χ0) is 15.7. The van der Waals surface area contributed by atoms with Crippen LogP contribution in [-0.4, -0.2) is 47.4 Å². The second-order valence-corrected chi connectivity index (χ2v) is 5.63. The highest BCUT2D eigenvalue weighted by Gasteiger charge is 2.45. The molecule has 0 aromatic heterocycles. The molecule has 22 heavy (non-hydrogen) atoms. The molecule has 2 aliphatic heterocycles. The van der Waals surface area contributed by atoms with Crippen LogP contribution < -0.4 is 16.0 Å². The molecule has 3 rings (SSSR count). The van der Waals surface area contributed by atoms with E-state index in [1.54, 1.807) is 24.0 Å². The van der Waals surface area contributed by atoms with Crippen LogP contribution in [0, 0.1) is 0 Å². The fraction of sp³-hybridized carbons (Fsp3) is 0.400. The molecule has 7 heteroatoms. The number of hydrogen-bond acceptors (Lipinski definition) is 3. The van der Waals surface area contributed by atoms with Crippen LogP contribution in [0.5, 0.6) is 0 Å². The molecule has 2 saturated heterocycles. The van der Waals surface area contributed by atoms with E-state index in [0.717, 1.165) is 0 Å². The van der Waals surface area contributed by atoms with Gasteiger partial charge in [-0.05, 0) is 25.5 Å². The first-order valence-electron chi connectivity index (χ1n) is 7.28. The van der Waals surface area contributed by atoms with Gasteiger partial charge in [-0.1, -0.05) is 18.2 Å². The number of amides is 4. The standard InChI is InChI=1S/C15H18N4O3/c1-9-14(21)19-8-11(7-12(19)13(20)16-9)18-15(22)17-10-5-3-2-4-6-10/h2-6,9,11-12H,7-8H2,1H3,(H,16,20)(H2,17,18,22)/t9-,11-,12-/m0/s1. The predicted molar refractivity (Wildman–Crippen MR) is 80.1 cm³/mol. The number of piperazine rings is 1. The molecule has 1 aromatic carbocycles. The molecule has 7 nitrogen and oxygen atoms in total. The van der Waals surface area contributed by atoms with Crippen molar-refractivity contribution in [3.63, 3.8) is 0 Å². The number of carbonyl (C=O) groups is 3. The van der Waals surface area contributed by atoms with Crippen LogP contribution in [0.25, 0.3) is 0 Å². The van der Waals surface area contributed by atoms with Gasteiger partial charge in [-0.15, -0.1) is 0 Å². The first-order valence-corrected chi connectivity index (χ1v) is 7.28. The summed E-state index contributed by atoms with van der Waals surface area (Å²) in [5.74, 6) is -0.253. The monoisotopic (exact) mass is 302 g/mol. The van der Waals surface area contributed by atoms with E-state index in [4.69, 9.17) is 0 Å². The third-order valence-electron chi connectivity index (χ3n) is 3.98. The SMILES string of the molecule is C[C@@H]1NC(=O)[C@@H]2C[C@H](NC(=O)Nc3ccccc3)CN2C1=O. The Balaban J connectivity index is 1.60. The molecule has 3 N–H and O–H groups in total. The molecule has 2 aliphatic rings. The topological polar surface area (TPSA) is 90.5 Å². The molecule has 0 unspecified atom stereocenters. The van der Waals surface area contributed by atoms with Crippen molar-refractivity contribution in [2.45, 2.75) is 31.5 Å². The van der Waals surface area contributed by atoms with Gasteiger partial charge in [0.2, 0.25) is 11.8 Å². The summed E-state index contributed by atoms with van der Waals surface area (Å²) in [6.07, 6.45) is 0.437. The van der Waals surface area contributed by atoms with E-state index in [1.165, 1.54) is 0 Å². The first-order chi connectivity index (χ1) is 10.5. The fourth-order valence-corrected chi connectivity index (χ4v) is 2.93. The summed E-state index contributed by atoms with van der Waals surface area (Å²) in [5, 5.41) is 8.20. The summed E-state index contributed by atoms with van der Waals surface area (Å²) >= 11 is 0.